The van der Waals surface area contributed by atoms with Crippen molar-refractivity contribution in [2.45, 2.75) is 19.9 Å². The molecule has 19 heavy (non-hydrogen) atoms. The number of rotatable bonds is 4. The highest BCUT2D eigenvalue weighted by Gasteiger charge is 2.05. The maximum absolute atomic E-state index is 11.9. The third-order valence-electron chi connectivity index (χ3n) is 3.22. The minimum Gasteiger partial charge on any atom is -0.350 e. The molecule has 0 aliphatic carbocycles. The van der Waals surface area contributed by atoms with Crippen LogP contribution in [0, 0.1) is 6.92 Å². The van der Waals surface area contributed by atoms with Crippen LogP contribution >= 0.6 is 15.9 Å². The van der Waals surface area contributed by atoms with E-state index in [0.717, 1.165) is 15.7 Å². The molecule has 0 radical (unpaired) electrons. The quantitative estimate of drug-likeness (QED) is 0.923. The number of amides is 1. The molecule has 1 aromatic carbocycles. The number of benzene rings is 1. The lowest BCUT2D eigenvalue weighted by molar-refractivity contribution is -0.120. The van der Waals surface area contributed by atoms with E-state index in [9.17, 15) is 4.79 Å². The Morgan fingerprint density at radius 3 is 2.47 bits per heavy atom. The Hall–Kier alpha value is -1.55. The van der Waals surface area contributed by atoms with Gasteiger partial charge >= 0.3 is 0 Å². The molecule has 1 heterocycles. The summed E-state index contributed by atoms with van der Waals surface area (Å²) in [6, 6.07) is 11.9. The average Bonchev–Trinajstić information content (AvgIpc) is 2.70. The van der Waals surface area contributed by atoms with Crippen molar-refractivity contribution in [1.29, 1.82) is 0 Å². The van der Waals surface area contributed by atoms with Gasteiger partial charge in [0.05, 0.1) is 13.0 Å². The topological polar surface area (TPSA) is 34.0 Å². The number of hydrogen-bond donors (Lipinski definition) is 1. The second-order valence-electron chi connectivity index (χ2n) is 4.61. The third kappa shape index (κ3) is 3.70. The first kappa shape index (κ1) is 13.9. The largest absolute Gasteiger partial charge is 0.350 e. The fraction of sp³-hybridized carbons (Fsp3) is 0.267. The van der Waals surface area contributed by atoms with Gasteiger partial charge in [-0.05, 0) is 36.8 Å². The first-order valence-electron chi connectivity index (χ1n) is 6.18. The van der Waals surface area contributed by atoms with Gasteiger partial charge in [-0.1, -0.05) is 28.1 Å². The van der Waals surface area contributed by atoms with Gasteiger partial charge < -0.3 is 9.88 Å². The van der Waals surface area contributed by atoms with Gasteiger partial charge in [-0.2, -0.15) is 0 Å². The molecule has 4 heteroatoms. The number of aryl methyl sites for hydroxylation is 1. The molecule has 2 rings (SSSR count). The van der Waals surface area contributed by atoms with E-state index in [-0.39, 0.29) is 5.91 Å². The van der Waals surface area contributed by atoms with E-state index in [1.165, 1.54) is 5.69 Å². The van der Waals surface area contributed by atoms with Gasteiger partial charge in [0.15, 0.2) is 0 Å². The maximum atomic E-state index is 11.9. The molecule has 0 atom stereocenters. The number of carbonyl (C=O) groups is 1. The molecule has 0 aliphatic heterocycles. The Balaban J connectivity index is 1.88. The zero-order valence-electron chi connectivity index (χ0n) is 11.1. The summed E-state index contributed by atoms with van der Waals surface area (Å²) in [6.07, 6.45) is 0.413. The standard InChI is InChI=1S/C15H17BrN2O/c1-11-3-8-14(18(11)2)10-17-15(19)9-12-4-6-13(16)7-5-12/h3-8H,9-10H2,1-2H3,(H,17,19). The van der Waals surface area contributed by atoms with Gasteiger partial charge in [0.2, 0.25) is 5.91 Å². The fourth-order valence-corrected chi connectivity index (χ4v) is 2.15. The summed E-state index contributed by atoms with van der Waals surface area (Å²) in [5.41, 5.74) is 3.32. The molecule has 2 aromatic rings. The predicted molar refractivity (Wildman–Crippen MR) is 79.8 cm³/mol. The normalized spacial score (nSPS) is 10.5. The first-order chi connectivity index (χ1) is 9.06. The fourth-order valence-electron chi connectivity index (χ4n) is 1.88. The van der Waals surface area contributed by atoms with Gasteiger partial charge in [0.1, 0.15) is 0 Å². The Kier molecular flexibility index (Phi) is 4.43. The third-order valence-corrected chi connectivity index (χ3v) is 3.75. The minimum absolute atomic E-state index is 0.0428. The maximum Gasteiger partial charge on any atom is 0.224 e. The zero-order valence-corrected chi connectivity index (χ0v) is 12.7. The van der Waals surface area contributed by atoms with Gasteiger partial charge in [-0.3, -0.25) is 4.79 Å². The molecule has 0 spiro atoms. The van der Waals surface area contributed by atoms with E-state index < -0.39 is 0 Å². The van der Waals surface area contributed by atoms with Crippen molar-refractivity contribution in [1.82, 2.24) is 9.88 Å². The molecular weight excluding hydrogens is 304 g/mol. The Morgan fingerprint density at radius 1 is 1.21 bits per heavy atom. The highest BCUT2D eigenvalue weighted by Crippen LogP contribution is 2.11. The summed E-state index contributed by atoms with van der Waals surface area (Å²) in [7, 11) is 2.01. The number of carbonyl (C=O) groups excluding carboxylic acids is 1. The second-order valence-corrected chi connectivity index (χ2v) is 5.52. The monoisotopic (exact) mass is 320 g/mol. The molecule has 3 nitrogen and oxygen atoms in total. The summed E-state index contributed by atoms with van der Waals surface area (Å²) < 4.78 is 3.11. The molecule has 1 amide bonds. The molecule has 100 valence electrons. The van der Waals surface area contributed by atoms with Crippen LogP contribution in [0.5, 0.6) is 0 Å². The van der Waals surface area contributed by atoms with Gasteiger partial charge in [0, 0.05) is 22.9 Å². The summed E-state index contributed by atoms with van der Waals surface area (Å²) in [6.45, 7) is 2.62. The smallest absolute Gasteiger partial charge is 0.224 e. The molecule has 0 aliphatic rings. The Labute approximate surface area is 121 Å². The summed E-state index contributed by atoms with van der Waals surface area (Å²) in [5.74, 6) is 0.0428. The van der Waals surface area contributed by atoms with Gasteiger partial charge in [-0.15, -0.1) is 0 Å². The van der Waals surface area contributed by atoms with E-state index in [1.807, 2.05) is 44.3 Å². The van der Waals surface area contributed by atoms with Gasteiger partial charge in [-0.25, -0.2) is 0 Å². The molecule has 0 unspecified atom stereocenters. The average molecular weight is 321 g/mol. The van der Waals surface area contributed by atoms with E-state index in [4.69, 9.17) is 0 Å². The summed E-state index contributed by atoms with van der Waals surface area (Å²) in [5, 5.41) is 2.94. The highest BCUT2D eigenvalue weighted by atomic mass is 79.9. The van der Waals surface area contributed by atoms with Crippen LogP contribution in [0.3, 0.4) is 0 Å². The lowest BCUT2D eigenvalue weighted by Crippen LogP contribution is -2.25. The van der Waals surface area contributed by atoms with Gasteiger partial charge in [0.25, 0.3) is 0 Å². The SMILES string of the molecule is Cc1ccc(CNC(=O)Cc2ccc(Br)cc2)n1C. The highest BCUT2D eigenvalue weighted by molar-refractivity contribution is 9.10. The summed E-state index contributed by atoms with van der Waals surface area (Å²) >= 11 is 3.38. The molecule has 1 N–H and O–H groups in total. The van der Waals surface area contributed by atoms with Crippen LogP contribution < -0.4 is 5.32 Å². The number of hydrogen-bond acceptors (Lipinski definition) is 1. The van der Waals surface area contributed by atoms with E-state index in [0.29, 0.717) is 13.0 Å². The molecule has 1 aromatic heterocycles. The van der Waals surface area contributed by atoms with Crippen LogP contribution in [-0.4, -0.2) is 10.5 Å². The number of nitrogens with one attached hydrogen (secondary N) is 1. The van der Waals surface area contributed by atoms with Crippen molar-refractivity contribution in [3.63, 3.8) is 0 Å². The predicted octanol–water partition coefficient (Wildman–Crippen LogP) is 2.95. The molecule has 0 fully saturated rings. The number of aromatic nitrogens is 1. The van der Waals surface area contributed by atoms with Crippen molar-refractivity contribution in [3.05, 3.63) is 57.8 Å². The van der Waals surface area contributed by atoms with E-state index in [2.05, 4.69) is 31.9 Å². The van der Waals surface area contributed by atoms with Crippen LogP contribution in [0.2, 0.25) is 0 Å². The number of nitrogens with zero attached hydrogens (tertiary/aromatic N) is 1. The second kappa shape index (κ2) is 6.06. The van der Waals surface area contributed by atoms with Crippen molar-refractivity contribution in [2.75, 3.05) is 0 Å². The Bertz CT molecular complexity index is 572. The Morgan fingerprint density at radius 2 is 1.89 bits per heavy atom. The van der Waals surface area contributed by atoms with Crippen molar-refractivity contribution in [3.8, 4) is 0 Å². The van der Waals surface area contributed by atoms with Crippen molar-refractivity contribution < 1.29 is 4.79 Å². The number of halogens is 1. The van der Waals surface area contributed by atoms with Crippen LogP contribution in [-0.2, 0) is 24.8 Å². The lowest BCUT2D eigenvalue weighted by Gasteiger charge is -2.07. The van der Waals surface area contributed by atoms with Crippen molar-refractivity contribution in [2.24, 2.45) is 7.05 Å². The molecule has 0 saturated carbocycles. The van der Waals surface area contributed by atoms with Crippen LogP contribution in [0.1, 0.15) is 17.0 Å². The van der Waals surface area contributed by atoms with Crippen LogP contribution in [0.25, 0.3) is 0 Å². The molecular formula is C15H17BrN2O. The molecule has 0 saturated heterocycles. The van der Waals surface area contributed by atoms with E-state index in [1.54, 1.807) is 0 Å². The van der Waals surface area contributed by atoms with E-state index >= 15 is 0 Å². The lowest BCUT2D eigenvalue weighted by atomic mass is 10.1. The minimum atomic E-state index is 0.0428. The van der Waals surface area contributed by atoms with Crippen LogP contribution in [0.4, 0.5) is 0 Å². The van der Waals surface area contributed by atoms with Crippen molar-refractivity contribution >= 4 is 21.8 Å². The summed E-state index contributed by atoms with van der Waals surface area (Å²) in [4.78, 5) is 11.9. The first-order valence-corrected chi connectivity index (χ1v) is 6.98. The van der Waals surface area contributed by atoms with Crippen LogP contribution in [0.15, 0.2) is 40.9 Å². The molecule has 0 bridgehead atoms. The zero-order chi connectivity index (χ0) is 13.8.